The zero-order valence-electron chi connectivity index (χ0n) is 13.3. The van der Waals surface area contributed by atoms with Crippen LogP contribution in [0.2, 0.25) is 0 Å². The minimum atomic E-state index is -3.31. The zero-order chi connectivity index (χ0) is 19.2. The predicted molar refractivity (Wildman–Crippen MR) is 87.4 cm³/mol. The molecule has 0 saturated heterocycles. The van der Waals surface area contributed by atoms with Crippen LogP contribution >= 0.6 is 0 Å². The Bertz CT molecular complexity index is 950. The summed E-state index contributed by atoms with van der Waals surface area (Å²) in [5.41, 5.74) is 0.754. The van der Waals surface area contributed by atoms with Gasteiger partial charge in [-0.25, -0.2) is 12.8 Å². The molecule has 11 heteroatoms. The number of halogens is 3. The van der Waals surface area contributed by atoms with Crippen molar-refractivity contribution < 1.29 is 26.0 Å². The van der Waals surface area contributed by atoms with E-state index in [1.54, 1.807) is 18.3 Å². The Morgan fingerprint density at radius 1 is 1.15 bits per heavy atom. The van der Waals surface area contributed by atoms with Crippen molar-refractivity contribution in [2.24, 2.45) is 0 Å². The van der Waals surface area contributed by atoms with Crippen molar-refractivity contribution in [1.82, 2.24) is 15.2 Å². The standard InChI is InChI=1S/C8H5F2N3O.C7H8FNO2S/c9-6(10)8-13-12-7(14-8)5-2-1-3-11-4-5;1-12(10,11)9-7-4-2-3-6(8)5-7/h1-4,6H;2-5,9H,1H3. The lowest BCUT2D eigenvalue weighted by atomic mass is 10.3. The topological polar surface area (TPSA) is 98.0 Å². The summed E-state index contributed by atoms with van der Waals surface area (Å²) in [7, 11) is -3.31. The molecule has 7 nitrogen and oxygen atoms in total. The minimum Gasteiger partial charge on any atom is -0.415 e. The van der Waals surface area contributed by atoms with Crippen LogP contribution in [0.25, 0.3) is 11.5 Å². The summed E-state index contributed by atoms with van der Waals surface area (Å²) in [4.78, 5) is 3.80. The number of hydrogen-bond acceptors (Lipinski definition) is 6. The quantitative estimate of drug-likeness (QED) is 0.739. The predicted octanol–water partition coefficient (Wildman–Crippen LogP) is 3.27. The van der Waals surface area contributed by atoms with E-state index in [1.807, 2.05) is 0 Å². The number of hydrogen-bond donors (Lipinski definition) is 1. The molecule has 0 bridgehead atoms. The van der Waals surface area contributed by atoms with Crippen molar-refractivity contribution in [3.8, 4) is 11.5 Å². The highest BCUT2D eigenvalue weighted by Crippen LogP contribution is 2.22. The lowest BCUT2D eigenvalue weighted by Crippen LogP contribution is -2.09. The van der Waals surface area contributed by atoms with Gasteiger partial charge >= 0.3 is 6.43 Å². The van der Waals surface area contributed by atoms with E-state index in [1.165, 1.54) is 24.4 Å². The second kappa shape index (κ2) is 8.43. The van der Waals surface area contributed by atoms with Gasteiger partial charge in [0, 0.05) is 12.4 Å². The normalized spacial score (nSPS) is 11.0. The van der Waals surface area contributed by atoms with E-state index in [4.69, 9.17) is 4.42 Å². The maximum atomic E-state index is 12.5. The summed E-state index contributed by atoms with van der Waals surface area (Å²) in [5, 5.41) is 6.67. The highest BCUT2D eigenvalue weighted by molar-refractivity contribution is 7.92. The SMILES string of the molecule is CS(=O)(=O)Nc1cccc(F)c1.FC(F)c1nnc(-c2cccnc2)o1. The number of benzene rings is 1. The van der Waals surface area contributed by atoms with Gasteiger partial charge in [-0.15, -0.1) is 10.2 Å². The first kappa shape index (κ1) is 19.4. The highest BCUT2D eigenvalue weighted by Gasteiger charge is 2.16. The van der Waals surface area contributed by atoms with Crippen LogP contribution in [0.15, 0.2) is 53.2 Å². The Morgan fingerprint density at radius 2 is 1.92 bits per heavy atom. The van der Waals surface area contributed by atoms with Crippen molar-refractivity contribution in [3.05, 3.63) is 60.5 Å². The number of alkyl halides is 2. The van der Waals surface area contributed by atoms with Crippen LogP contribution in [0.1, 0.15) is 12.3 Å². The Balaban J connectivity index is 0.000000190. The van der Waals surface area contributed by atoms with Crippen LogP contribution in [0.5, 0.6) is 0 Å². The number of nitrogens with zero attached hydrogens (tertiary/aromatic N) is 3. The van der Waals surface area contributed by atoms with Crippen LogP contribution in [0.4, 0.5) is 18.9 Å². The first-order valence-corrected chi connectivity index (χ1v) is 8.89. The summed E-state index contributed by atoms with van der Waals surface area (Å²) >= 11 is 0. The summed E-state index contributed by atoms with van der Waals surface area (Å²) in [6.45, 7) is 0. The summed E-state index contributed by atoms with van der Waals surface area (Å²) in [6, 6.07) is 8.57. The lowest BCUT2D eigenvalue weighted by Gasteiger charge is -2.01. The number of rotatable bonds is 4. The van der Waals surface area contributed by atoms with E-state index < -0.39 is 28.2 Å². The number of aromatic nitrogens is 3. The van der Waals surface area contributed by atoms with Gasteiger partial charge in [0.25, 0.3) is 5.89 Å². The Hall–Kier alpha value is -2.95. The summed E-state index contributed by atoms with van der Waals surface area (Å²) < 4.78 is 64.9. The molecule has 0 atom stereocenters. The monoisotopic (exact) mass is 386 g/mol. The highest BCUT2D eigenvalue weighted by atomic mass is 32.2. The first-order chi connectivity index (χ1) is 12.2. The van der Waals surface area contributed by atoms with Gasteiger partial charge in [0.15, 0.2) is 0 Å². The average molecular weight is 386 g/mol. The molecule has 138 valence electrons. The van der Waals surface area contributed by atoms with Gasteiger partial charge in [-0.05, 0) is 30.3 Å². The van der Waals surface area contributed by atoms with E-state index in [0.29, 0.717) is 5.56 Å². The third-order valence-corrected chi connectivity index (χ3v) is 3.27. The van der Waals surface area contributed by atoms with Crippen LogP contribution in [0, 0.1) is 5.82 Å². The summed E-state index contributed by atoms with van der Waals surface area (Å²) in [5.74, 6) is -1.10. The largest absolute Gasteiger partial charge is 0.415 e. The minimum absolute atomic E-state index is 0.0494. The van der Waals surface area contributed by atoms with Crippen molar-refractivity contribution in [3.63, 3.8) is 0 Å². The van der Waals surface area contributed by atoms with Gasteiger partial charge in [-0.1, -0.05) is 6.07 Å². The molecule has 0 amide bonds. The number of anilines is 1. The molecule has 2 aromatic heterocycles. The molecule has 0 fully saturated rings. The van der Waals surface area contributed by atoms with Crippen LogP contribution in [-0.4, -0.2) is 29.9 Å². The van der Waals surface area contributed by atoms with E-state index >= 15 is 0 Å². The average Bonchev–Trinajstić information content (AvgIpc) is 3.05. The molecule has 0 saturated carbocycles. The molecule has 3 rings (SSSR count). The van der Waals surface area contributed by atoms with Crippen molar-refractivity contribution in [2.45, 2.75) is 6.43 Å². The molecule has 3 aromatic rings. The molecule has 0 spiro atoms. The lowest BCUT2D eigenvalue weighted by molar-refractivity contribution is 0.116. The molecule has 0 aliphatic carbocycles. The molecule has 2 heterocycles. The van der Waals surface area contributed by atoms with Crippen molar-refractivity contribution >= 4 is 15.7 Å². The maximum Gasteiger partial charge on any atom is 0.314 e. The van der Waals surface area contributed by atoms with E-state index in [2.05, 4.69) is 19.9 Å². The smallest absolute Gasteiger partial charge is 0.314 e. The number of nitrogens with one attached hydrogen (secondary N) is 1. The maximum absolute atomic E-state index is 12.5. The Kier molecular flexibility index (Phi) is 6.28. The molecule has 1 N–H and O–H groups in total. The van der Waals surface area contributed by atoms with Gasteiger partial charge in [-0.2, -0.15) is 8.78 Å². The number of pyridine rings is 1. The van der Waals surface area contributed by atoms with E-state index in [9.17, 15) is 21.6 Å². The van der Waals surface area contributed by atoms with Gasteiger partial charge in [-0.3, -0.25) is 9.71 Å². The zero-order valence-corrected chi connectivity index (χ0v) is 14.1. The molecule has 1 aromatic carbocycles. The van der Waals surface area contributed by atoms with Crippen molar-refractivity contribution in [2.75, 3.05) is 11.0 Å². The molecule has 0 radical (unpaired) electrons. The van der Waals surface area contributed by atoms with Gasteiger partial charge < -0.3 is 4.42 Å². The third-order valence-electron chi connectivity index (χ3n) is 2.66. The second-order valence-corrected chi connectivity index (χ2v) is 6.62. The summed E-state index contributed by atoms with van der Waals surface area (Å²) in [6.07, 6.45) is 1.29. The fourth-order valence-electron chi connectivity index (χ4n) is 1.69. The molecular formula is C15H13F3N4O3S. The van der Waals surface area contributed by atoms with Gasteiger partial charge in [0.2, 0.25) is 15.9 Å². The third kappa shape index (κ3) is 6.16. The molecule has 0 aliphatic rings. The fraction of sp³-hybridized carbons (Fsp3) is 0.133. The molecule has 26 heavy (non-hydrogen) atoms. The van der Waals surface area contributed by atoms with Gasteiger partial charge in [0.1, 0.15) is 5.82 Å². The van der Waals surface area contributed by atoms with Gasteiger partial charge in [0.05, 0.1) is 17.5 Å². The van der Waals surface area contributed by atoms with Crippen molar-refractivity contribution in [1.29, 1.82) is 0 Å². The fourth-order valence-corrected chi connectivity index (χ4v) is 2.25. The van der Waals surface area contributed by atoms with Crippen LogP contribution in [-0.2, 0) is 10.0 Å². The van der Waals surface area contributed by atoms with Crippen LogP contribution in [0.3, 0.4) is 0 Å². The first-order valence-electron chi connectivity index (χ1n) is 7.00. The Labute approximate surface area is 147 Å². The van der Waals surface area contributed by atoms with E-state index in [-0.39, 0.29) is 11.6 Å². The molecule has 0 unspecified atom stereocenters. The second-order valence-electron chi connectivity index (χ2n) is 4.87. The number of sulfonamides is 1. The van der Waals surface area contributed by atoms with E-state index in [0.717, 1.165) is 12.3 Å². The molecular weight excluding hydrogens is 373 g/mol. The van der Waals surface area contributed by atoms with Crippen LogP contribution < -0.4 is 4.72 Å². The Morgan fingerprint density at radius 3 is 2.46 bits per heavy atom. The molecule has 0 aliphatic heterocycles.